The van der Waals surface area contributed by atoms with Crippen LogP contribution in [-0.2, 0) is 0 Å². The van der Waals surface area contributed by atoms with Gasteiger partial charge < -0.3 is 10.4 Å². The van der Waals surface area contributed by atoms with Gasteiger partial charge in [0.25, 0.3) is 0 Å². The van der Waals surface area contributed by atoms with Crippen LogP contribution in [0.1, 0.15) is 0 Å². The second kappa shape index (κ2) is 4.18. The highest BCUT2D eigenvalue weighted by atomic mass is 19.2. The largest absolute Gasteiger partial charge is 0.508 e. The first-order valence-electron chi connectivity index (χ1n) is 4.66. The predicted octanol–water partition coefficient (Wildman–Crippen LogP) is 3.41. The number of phenols is 1. The third-order valence-electron chi connectivity index (χ3n) is 2.08. The van der Waals surface area contributed by atoms with Crippen molar-refractivity contribution in [2.45, 2.75) is 0 Å². The number of aromatic hydroxyl groups is 1. The van der Waals surface area contributed by atoms with E-state index in [0.29, 0.717) is 11.4 Å². The Hall–Kier alpha value is -2.10. The van der Waals surface area contributed by atoms with Crippen molar-refractivity contribution < 1.29 is 13.9 Å². The van der Waals surface area contributed by atoms with E-state index in [1.54, 1.807) is 12.1 Å². The summed E-state index contributed by atoms with van der Waals surface area (Å²) in [6.45, 7) is 0. The number of nitrogens with one attached hydrogen (secondary N) is 1. The van der Waals surface area contributed by atoms with Crippen molar-refractivity contribution in [3.8, 4) is 5.75 Å². The smallest absolute Gasteiger partial charge is 0.160 e. The zero-order valence-electron chi connectivity index (χ0n) is 8.24. The van der Waals surface area contributed by atoms with E-state index in [1.807, 2.05) is 0 Å². The average molecular weight is 221 g/mol. The van der Waals surface area contributed by atoms with Gasteiger partial charge in [-0.2, -0.15) is 0 Å². The summed E-state index contributed by atoms with van der Waals surface area (Å²) in [6.07, 6.45) is 0. The molecule has 0 amide bonds. The van der Waals surface area contributed by atoms with Crippen molar-refractivity contribution in [2.24, 2.45) is 0 Å². The number of hydrogen-bond acceptors (Lipinski definition) is 2. The molecule has 2 aromatic carbocycles. The molecule has 4 heteroatoms. The van der Waals surface area contributed by atoms with Crippen LogP contribution in [-0.4, -0.2) is 5.11 Å². The molecule has 2 rings (SSSR count). The maximum Gasteiger partial charge on any atom is 0.160 e. The molecular formula is C12H9F2NO. The summed E-state index contributed by atoms with van der Waals surface area (Å²) in [5.41, 5.74) is 1.13. The van der Waals surface area contributed by atoms with E-state index in [9.17, 15) is 8.78 Å². The maximum atomic E-state index is 12.9. The Morgan fingerprint density at radius 2 is 1.44 bits per heavy atom. The molecule has 0 saturated carbocycles. The molecule has 0 heterocycles. The minimum atomic E-state index is -0.899. The van der Waals surface area contributed by atoms with E-state index >= 15 is 0 Å². The number of benzene rings is 2. The topological polar surface area (TPSA) is 32.3 Å². The molecule has 0 bridgehead atoms. The standard InChI is InChI=1S/C12H9F2NO/c13-11-6-3-9(7-12(11)14)15-8-1-4-10(16)5-2-8/h1-7,15-16H. The zero-order valence-corrected chi connectivity index (χ0v) is 8.24. The first-order chi connectivity index (χ1) is 7.65. The summed E-state index contributed by atoms with van der Waals surface area (Å²) in [5.74, 6) is -1.63. The Balaban J connectivity index is 2.20. The van der Waals surface area contributed by atoms with Crippen LogP contribution in [0.25, 0.3) is 0 Å². The molecule has 82 valence electrons. The Morgan fingerprint density at radius 3 is 2.06 bits per heavy atom. The van der Waals surface area contributed by atoms with Crippen LogP contribution in [0.4, 0.5) is 20.2 Å². The van der Waals surface area contributed by atoms with Gasteiger partial charge in [-0.05, 0) is 36.4 Å². The van der Waals surface area contributed by atoms with E-state index in [4.69, 9.17) is 5.11 Å². The Kier molecular flexibility index (Phi) is 2.72. The summed E-state index contributed by atoms with van der Waals surface area (Å²) < 4.78 is 25.5. The number of halogens is 2. The van der Waals surface area contributed by atoms with Crippen LogP contribution < -0.4 is 5.32 Å². The molecule has 0 aliphatic rings. The van der Waals surface area contributed by atoms with Crippen molar-refractivity contribution in [2.75, 3.05) is 5.32 Å². The molecule has 0 saturated heterocycles. The van der Waals surface area contributed by atoms with Gasteiger partial charge in [-0.15, -0.1) is 0 Å². The van der Waals surface area contributed by atoms with Gasteiger partial charge in [-0.1, -0.05) is 0 Å². The van der Waals surface area contributed by atoms with Gasteiger partial charge in [0.1, 0.15) is 5.75 Å². The highest BCUT2D eigenvalue weighted by molar-refractivity contribution is 5.60. The summed E-state index contributed by atoms with van der Waals surface area (Å²) in [5, 5.41) is 11.9. The minimum Gasteiger partial charge on any atom is -0.508 e. The number of rotatable bonds is 2. The highest BCUT2D eigenvalue weighted by Crippen LogP contribution is 2.20. The van der Waals surface area contributed by atoms with Crippen molar-refractivity contribution in [1.82, 2.24) is 0 Å². The number of phenolic OH excluding ortho intramolecular Hbond substituents is 1. The lowest BCUT2D eigenvalue weighted by Gasteiger charge is -2.06. The molecule has 0 aliphatic carbocycles. The quantitative estimate of drug-likeness (QED) is 0.761. The van der Waals surface area contributed by atoms with E-state index < -0.39 is 11.6 Å². The maximum absolute atomic E-state index is 12.9. The fraction of sp³-hybridized carbons (Fsp3) is 0. The molecule has 2 N–H and O–H groups in total. The van der Waals surface area contributed by atoms with Gasteiger partial charge in [0.15, 0.2) is 11.6 Å². The van der Waals surface area contributed by atoms with Crippen LogP contribution in [0.5, 0.6) is 5.75 Å². The summed E-state index contributed by atoms with van der Waals surface area (Å²) in [6, 6.07) is 9.84. The molecule has 0 spiro atoms. The molecule has 2 nitrogen and oxygen atoms in total. The van der Waals surface area contributed by atoms with Crippen LogP contribution in [0.2, 0.25) is 0 Å². The van der Waals surface area contributed by atoms with Gasteiger partial charge in [0, 0.05) is 17.4 Å². The Labute approximate surface area is 91.2 Å². The Morgan fingerprint density at radius 1 is 0.812 bits per heavy atom. The van der Waals surface area contributed by atoms with E-state index in [1.165, 1.54) is 18.2 Å². The van der Waals surface area contributed by atoms with Crippen molar-refractivity contribution in [1.29, 1.82) is 0 Å². The average Bonchev–Trinajstić information content (AvgIpc) is 2.27. The van der Waals surface area contributed by atoms with Crippen LogP contribution >= 0.6 is 0 Å². The zero-order chi connectivity index (χ0) is 11.5. The van der Waals surface area contributed by atoms with Gasteiger partial charge in [0.2, 0.25) is 0 Å². The lowest BCUT2D eigenvalue weighted by Crippen LogP contribution is -1.92. The van der Waals surface area contributed by atoms with E-state index in [0.717, 1.165) is 12.1 Å². The predicted molar refractivity (Wildman–Crippen MR) is 57.7 cm³/mol. The normalized spacial score (nSPS) is 10.1. The second-order valence-corrected chi connectivity index (χ2v) is 3.30. The number of anilines is 2. The first-order valence-corrected chi connectivity index (χ1v) is 4.66. The van der Waals surface area contributed by atoms with Gasteiger partial charge >= 0.3 is 0 Å². The lowest BCUT2D eigenvalue weighted by atomic mass is 10.2. The second-order valence-electron chi connectivity index (χ2n) is 3.30. The van der Waals surface area contributed by atoms with Gasteiger partial charge in [-0.3, -0.25) is 0 Å². The molecule has 0 atom stereocenters. The fourth-order valence-corrected chi connectivity index (χ4v) is 1.29. The molecule has 0 radical (unpaired) electrons. The van der Waals surface area contributed by atoms with Crippen molar-refractivity contribution in [3.63, 3.8) is 0 Å². The minimum absolute atomic E-state index is 0.149. The molecule has 0 aliphatic heterocycles. The van der Waals surface area contributed by atoms with E-state index in [2.05, 4.69) is 5.32 Å². The molecule has 0 unspecified atom stereocenters. The molecule has 0 fully saturated rings. The molecule has 16 heavy (non-hydrogen) atoms. The molecule has 2 aromatic rings. The van der Waals surface area contributed by atoms with Crippen LogP contribution in [0.3, 0.4) is 0 Å². The third kappa shape index (κ3) is 2.28. The first kappa shape index (κ1) is 10.4. The van der Waals surface area contributed by atoms with Crippen molar-refractivity contribution in [3.05, 3.63) is 54.1 Å². The van der Waals surface area contributed by atoms with E-state index in [-0.39, 0.29) is 5.75 Å². The SMILES string of the molecule is Oc1ccc(Nc2ccc(F)c(F)c2)cc1. The third-order valence-corrected chi connectivity index (χ3v) is 2.08. The van der Waals surface area contributed by atoms with Gasteiger partial charge in [0.05, 0.1) is 0 Å². The monoisotopic (exact) mass is 221 g/mol. The number of hydrogen-bond donors (Lipinski definition) is 2. The summed E-state index contributed by atoms with van der Waals surface area (Å²) >= 11 is 0. The summed E-state index contributed by atoms with van der Waals surface area (Å²) in [4.78, 5) is 0. The highest BCUT2D eigenvalue weighted by Gasteiger charge is 2.02. The molecule has 0 aromatic heterocycles. The van der Waals surface area contributed by atoms with Crippen LogP contribution in [0.15, 0.2) is 42.5 Å². The van der Waals surface area contributed by atoms with Gasteiger partial charge in [-0.25, -0.2) is 8.78 Å². The summed E-state index contributed by atoms with van der Waals surface area (Å²) in [7, 11) is 0. The molecular weight excluding hydrogens is 212 g/mol. The fourth-order valence-electron chi connectivity index (χ4n) is 1.29. The lowest BCUT2D eigenvalue weighted by molar-refractivity contribution is 0.475. The van der Waals surface area contributed by atoms with Crippen LogP contribution in [0, 0.1) is 11.6 Å². The Bertz CT molecular complexity index is 497. The van der Waals surface area contributed by atoms with Crippen molar-refractivity contribution >= 4 is 11.4 Å².